The highest BCUT2D eigenvalue weighted by Gasteiger charge is 2.24. The molecule has 0 unspecified atom stereocenters. The summed E-state index contributed by atoms with van der Waals surface area (Å²) in [6.07, 6.45) is 3.12. The molecule has 0 aromatic heterocycles. The number of hydrogen-bond donors (Lipinski definition) is 1. The van der Waals surface area contributed by atoms with Crippen molar-refractivity contribution < 1.29 is 23.9 Å². The maximum absolute atomic E-state index is 12.0. The zero-order chi connectivity index (χ0) is 19.4. The normalized spacial score (nSPS) is 12.7. The summed E-state index contributed by atoms with van der Waals surface area (Å²) in [4.78, 5) is 50.1. The molecule has 0 radical (unpaired) electrons. The lowest BCUT2D eigenvalue weighted by Crippen LogP contribution is -2.29. The van der Waals surface area contributed by atoms with Crippen molar-refractivity contribution in [3.05, 3.63) is 60.2 Å². The maximum Gasteiger partial charge on any atom is 0.417 e. The van der Waals surface area contributed by atoms with Crippen LogP contribution in [0.1, 0.15) is 5.56 Å². The number of amides is 3. The van der Waals surface area contributed by atoms with Crippen LogP contribution in [0.3, 0.4) is 0 Å². The van der Waals surface area contributed by atoms with E-state index >= 15 is 0 Å². The van der Waals surface area contributed by atoms with E-state index in [1.54, 1.807) is 25.1 Å². The van der Waals surface area contributed by atoms with E-state index < -0.39 is 17.9 Å². The van der Waals surface area contributed by atoms with Crippen molar-refractivity contribution in [3.63, 3.8) is 0 Å². The first kappa shape index (κ1) is 17.8. The lowest BCUT2D eigenvalue weighted by molar-refractivity contribution is -0.119. The van der Waals surface area contributed by atoms with Crippen LogP contribution >= 0.6 is 0 Å². The Bertz CT molecular complexity index is 987. The average Bonchev–Trinajstić information content (AvgIpc) is 2.97. The number of rotatable bonds is 4. The standard InChI is InChI=1S/C19H13N3O5/c1-12-10-13(2-7-16(12)20-11-23)21-19(26)27-15-5-3-14(4-6-15)22-17(24)8-9-18(22)25/h2-10H,1H3,(H,21,26). The van der Waals surface area contributed by atoms with Gasteiger partial charge in [-0.2, -0.15) is 4.99 Å². The van der Waals surface area contributed by atoms with E-state index in [-0.39, 0.29) is 5.75 Å². The molecule has 0 atom stereocenters. The van der Waals surface area contributed by atoms with E-state index in [2.05, 4.69) is 10.3 Å². The Morgan fingerprint density at radius 2 is 1.74 bits per heavy atom. The van der Waals surface area contributed by atoms with Crippen molar-refractivity contribution in [1.29, 1.82) is 0 Å². The Kier molecular flexibility index (Phi) is 4.92. The van der Waals surface area contributed by atoms with Gasteiger partial charge in [0, 0.05) is 17.8 Å². The molecule has 0 saturated heterocycles. The van der Waals surface area contributed by atoms with Crippen LogP contribution in [0.5, 0.6) is 5.75 Å². The summed E-state index contributed by atoms with van der Waals surface area (Å²) in [5.74, 6) is -0.615. The Balaban J connectivity index is 1.64. The Hall–Kier alpha value is -4.03. The van der Waals surface area contributed by atoms with Gasteiger partial charge >= 0.3 is 6.09 Å². The average molecular weight is 363 g/mol. The number of aliphatic imine (C=N–C) groups is 1. The molecule has 27 heavy (non-hydrogen) atoms. The van der Waals surface area contributed by atoms with Gasteiger partial charge in [-0.3, -0.25) is 14.9 Å². The van der Waals surface area contributed by atoms with Gasteiger partial charge in [0.25, 0.3) is 11.8 Å². The van der Waals surface area contributed by atoms with E-state index in [0.717, 1.165) is 4.90 Å². The SMILES string of the molecule is Cc1cc(NC(=O)Oc2ccc(N3C(=O)C=CC3=O)cc2)ccc1N=C=O. The third-order valence-electron chi connectivity index (χ3n) is 3.72. The minimum absolute atomic E-state index is 0.238. The number of ether oxygens (including phenoxy) is 1. The topological polar surface area (TPSA) is 105 Å². The maximum atomic E-state index is 12.0. The summed E-state index contributed by atoms with van der Waals surface area (Å²) in [6.45, 7) is 1.74. The lowest BCUT2D eigenvalue weighted by atomic mass is 10.2. The highest BCUT2D eigenvalue weighted by atomic mass is 16.6. The zero-order valence-corrected chi connectivity index (χ0v) is 14.1. The van der Waals surface area contributed by atoms with Gasteiger partial charge in [-0.15, -0.1) is 0 Å². The predicted molar refractivity (Wildman–Crippen MR) is 96.7 cm³/mol. The Labute approximate surface area is 153 Å². The molecule has 8 heteroatoms. The largest absolute Gasteiger partial charge is 0.417 e. The zero-order valence-electron chi connectivity index (χ0n) is 14.1. The fraction of sp³-hybridized carbons (Fsp3) is 0.0526. The smallest absolute Gasteiger partial charge is 0.410 e. The molecule has 3 amide bonds. The number of nitrogens with one attached hydrogen (secondary N) is 1. The van der Waals surface area contributed by atoms with Crippen molar-refractivity contribution >= 4 is 41.0 Å². The lowest BCUT2D eigenvalue weighted by Gasteiger charge is -2.14. The molecule has 2 aromatic rings. The first-order chi connectivity index (χ1) is 13.0. The molecule has 0 saturated carbocycles. The quantitative estimate of drug-likeness (QED) is 0.511. The molecule has 134 valence electrons. The van der Waals surface area contributed by atoms with E-state index in [1.165, 1.54) is 42.5 Å². The molecular weight excluding hydrogens is 350 g/mol. The monoisotopic (exact) mass is 363 g/mol. The molecule has 1 aliphatic heterocycles. The number of carbonyl (C=O) groups is 3. The number of hydrogen-bond acceptors (Lipinski definition) is 6. The second kappa shape index (κ2) is 7.47. The highest BCUT2D eigenvalue weighted by Crippen LogP contribution is 2.24. The number of carbonyl (C=O) groups excluding carboxylic acids is 4. The second-order valence-corrected chi connectivity index (χ2v) is 5.56. The van der Waals surface area contributed by atoms with Crippen molar-refractivity contribution in [2.24, 2.45) is 4.99 Å². The van der Waals surface area contributed by atoms with Crippen molar-refractivity contribution in [3.8, 4) is 5.75 Å². The van der Waals surface area contributed by atoms with Crippen LogP contribution in [0.4, 0.5) is 21.9 Å². The van der Waals surface area contributed by atoms with Gasteiger partial charge in [0.15, 0.2) is 0 Å². The second-order valence-electron chi connectivity index (χ2n) is 5.56. The summed E-state index contributed by atoms with van der Waals surface area (Å²) >= 11 is 0. The number of aryl methyl sites for hydroxylation is 1. The van der Waals surface area contributed by atoms with Crippen LogP contribution in [-0.4, -0.2) is 24.0 Å². The van der Waals surface area contributed by atoms with Gasteiger partial charge in [0.2, 0.25) is 6.08 Å². The number of benzene rings is 2. The van der Waals surface area contributed by atoms with Crippen LogP contribution in [-0.2, 0) is 14.4 Å². The van der Waals surface area contributed by atoms with E-state index in [0.29, 0.717) is 22.6 Å². The molecule has 1 aliphatic rings. The summed E-state index contributed by atoms with van der Waals surface area (Å²) in [5.41, 5.74) is 2.00. The third kappa shape index (κ3) is 3.97. The minimum Gasteiger partial charge on any atom is -0.410 e. The molecule has 8 nitrogen and oxygen atoms in total. The first-order valence-corrected chi connectivity index (χ1v) is 7.81. The Morgan fingerprint density at radius 1 is 1.07 bits per heavy atom. The minimum atomic E-state index is -0.719. The van der Waals surface area contributed by atoms with Crippen LogP contribution in [0.25, 0.3) is 0 Å². The molecule has 0 aliphatic carbocycles. The van der Waals surface area contributed by atoms with E-state index in [4.69, 9.17) is 4.74 Å². The first-order valence-electron chi connectivity index (χ1n) is 7.81. The summed E-state index contributed by atoms with van der Waals surface area (Å²) in [5, 5.41) is 2.55. The van der Waals surface area contributed by atoms with Crippen LogP contribution in [0.15, 0.2) is 59.6 Å². The number of imide groups is 1. The number of anilines is 2. The molecular formula is C19H13N3O5. The summed E-state index contributed by atoms with van der Waals surface area (Å²) in [6, 6.07) is 10.7. The van der Waals surface area contributed by atoms with Gasteiger partial charge in [-0.05, 0) is 55.0 Å². The van der Waals surface area contributed by atoms with Crippen molar-refractivity contribution in [2.45, 2.75) is 6.92 Å². The third-order valence-corrected chi connectivity index (χ3v) is 3.72. The van der Waals surface area contributed by atoms with Gasteiger partial charge in [-0.1, -0.05) is 0 Å². The predicted octanol–water partition coefficient (Wildman–Crippen LogP) is 3.00. The van der Waals surface area contributed by atoms with Crippen LogP contribution < -0.4 is 15.0 Å². The van der Waals surface area contributed by atoms with Gasteiger partial charge in [0.1, 0.15) is 5.75 Å². The molecule has 0 bridgehead atoms. The molecule has 1 N–H and O–H groups in total. The van der Waals surface area contributed by atoms with E-state index in [1.807, 2.05) is 0 Å². The van der Waals surface area contributed by atoms with E-state index in [9.17, 15) is 19.2 Å². The molecule has 0 fully saturated rings. The van der Waals surface area contributed by atoms with Crippen LogP contribution in [0.2, 0.25) is 0 Å². The summed E-state index contributed by atoms with van der Waals surface area (Å²) in [7, 11) is 0. The molecule has 1 heterocycles. The fourth-order valence-electron chi connectivity index (χ4n) is 2.48. The molecule has 0 spiro atoms. The fourth-order valence-corrected chi connectivity index (χ4v) is 2.48. The number of nitrogens with zero attached hydrogens (tertiary/aromatic N) is 2. The molecule has 2 aromatic carbocycles. The van der Waals surface area contributed by atoms with Crippen molar-refractivity contribution in [1.82, 2.24) is 0 Å². The highest BCUT2D eigenvalue weighted by molar-refractivity contribution is 6.28. The molecule has 3 rings (SSSR count). The Morgan fingerprint density at radius 3 is 2.33 bits per heavy atom. The number of isocyanates is 1. The van der Waals surface area contributed by atoms with Crippen molar-refractivity contribution in [2.75, 3.05) is 10.2 Å². The van der Waals surface area contributed by atoms with Gasteiger partial charge in [0.05, 0.1) is 11.4 Å². The van der Waals surface area contributed by atoms with Crippen LogP contribution in [0, 0.1) is 6.92 Å². The van der Waals surface area contributed by atoms with Gasteiger partial charge in [-0.25, -0.2) is 14.5 Å². The summed E-state index contributed by atoms with van der Waals surface area (Å²) < 4.78 is 5.17. The van der Waals surface area contributed by atoms with Gasteiger partial charge < -0.3 is 4.74 Å².